The van der Waals surface area contributed by atoms with Crippen molar-refractivity contribution in [2.45, 2.75) is 13.0 Å². The zero-order chi connectivity index (χ0) is 18.6. The zero-order valence-electron chi connectivity index (χ0n) is 14.8. The van der Waals surface area contributed by atoms with Crippen molar-refractivity contribution in [3.63, 3.8) is 0 Å². The molecule has 1 aromatic heterocycles. The van der Waals surface area contributed by atoms with Crippen molar-refractivity contribution in [1.29, 1.82) is 0 Å². The van der Waals surface area contributed by atoms with Gasteiger partial charge in [-0.1, -0.05) is 36.4 Å². The molecular formula is C22H19N3O2. The summed E-state index contributed by atoms with van der Waals surface area (Å²) in [5, 5.41) is 2.88. The maximum absolute atomic E-state index is 12.7. The molecule has 0 fully saturated rings. The second kappa shape index (κ2) is 7.41. The van der Waals surface area contributed by atoms with Gasteiger partial charge in [0.05, 0.1) is 0 Å². The molecule has 2 amide bonds. The number of hydrogen-bond acceptors (Lipinski definition) is 3. The largest absolute Gasteiger partial charge is 0.347 e. The Morgan fingerprint density at radius 3 is 2.59 bits per heavy atom. The normalized spacial score (nSPS) is 12.5. The molecule has 1 aliphatic rings. The molecule has 0 radical (unpaired) electrons. The first-order valence-corrected chi connectivity index (χ1v) is 8.90. The van der Waals surface area contributed by atoms with Gasteiger partial charge in [0.2, 0.25) is 0 Å². The fraction of sp³-hybridized carbons (Fsp3) is 0.136. The van der Waals surface area contributed by atoms with Crippen LogP contribution < -0.4 is 10.2 Å². The maximum atomic E-state index is 12.7. The Morgan fingerprint density at radius 2 is 1.81 bits per heavy atom. The van der Waals surface area contributed by atoms with Crippen LogP contribution in [0.1, 0.15) is 32.0 Å². The number of amides is 2. The molecule has 0 saturated carbocycles. The summed E-state index contributed by atoms with van der Waals surface area (Å²) in [5.41, 5.74) is 4.18. The van der Waals surface area contributed by atoms with Crippen molar-refractivity contribution >= 4 is 17.5 Å². The number of benzene rings is 2. The Morgan fingerprint density at radius 1 is 1.00 bits per heavy atom. The number of carbonyl (C=O) groups is 2. The number of anilines is 1. The third kappa shape index (κ3) is 3.58. The van der Waals surface area contributed by atoms with E-state index in [9.17, 15) is 9.59 Å². The molecule has 0 spiro atoms. The highest BCUT2D eigenvalue weighted by atomic mass is 16.2. The molecule has 134 valence electrons. The monoisotopic (exact) mass is 357 g/mol. The summed E-state index contributed by atoms with van der Waals surface area (Å²) in [6.45, 7) is 1.10. The molecule has 5 heteroatoms. The average Bonchev–Trinajstić information content (AvgIpc) is 3.16. The van der Waals surface area contributed by atoms with E-state index in [0.717, 1.165) is 23.2 Å². The minimum Gasteiger partial charge on any atom is -0.347 e. The number of nitrogens with one attached hydrogen (secondary N) is 1. The predicted molar refractivity (Wildman–Crippen MR) is 104 cm³/mol. The molecule has 1 aliphatic heterocycles. The lowest BCUT2D eigenvalue weighted by Gasteiger charge is -2.17. The minimum atomic E-state index is -0.197. The second-order valence-corrected chi connectivity index (χ2v) is 6.43. The Labute approximate surface area is 157 Å². The lowest BCUT2D eigenvalue weighted by molar-refractivity contribution is 0.0944. The smallest absolute Gasteiger partial charge is 0.270 e. The summed E-state index contributed by atoms with van der Waals surface area (Å²) in [7, 11) is 0. The minimum absolute atomic E-state index is 0.0190. The molecule has 1 N–H and O–H groups in total. The molecule has 0 saturated heterocycles. The van der Waals surface area contributed by atoms with E-state index in [1.54, 1.807) is 24.4 Å². The second-order valence-electron chi connectivity index (χ2n) is 6.43. The van der Waals surface area contributed by atoms with Crippen LogP contribution >= 0.6 is 0 Å². The average molecular weight is 357 g/mol. The predicted octanol–water partition coefficient (Wildman–Crippen LogP) is 3.21. The van der Waals surface area contributed by atoms with Gasteiger partial charge in [0.1, 0.15) is 5.69 Å². The summed E-state index contributed by atoms with van der Waals surface area (Å²) < 4.78 is 0. The van der Waals surface area contributed by atoms with Crippen LogP contribution in [0.5, 0.6) is 0 Å². The van der Waals surface area contributed by atoms with Crippen LogP contribution in [-0.2, 0) is 13.0 Å². The van der Waals surface area contributed by atoms with Gasteiger partial charge >= 0.3 is 0 Å². The van der Waals surface area contributed by atoms with Gasteiger partial charge in [0.15, 0.2) is 0 Å². The third-order valence-electron chi connectivity index (χ3n) is 4.66. The SMILES string of the molecule is O=C(NCc1ccc2c(c1)CCN2C(=O)c1ccccc1)c1ccccn1. The number of nitrogens with zero attached hydrogens (tertiary/aromatic N) is 2. The number of rotatable bonds is 4. The topological polar surface area (TPSA) is 62.3 Å². The number of hydrogen-bond donors (Lipinski definition) is 1. The van der Waals surface area contributed by atoms with Gasteiger partial charge in [-0.3, -0.25) is 14.6 Å². The lowest BCUT2D eigenvalue weighted by Crippen LogP contribution is -2.28. The van der Waals surface area contributed by atoms with Gasteiger partial charge in [0.25, 0.3) is 11.8 Å². The number of fused-ring (bicyclic) bond motifs is 1. The van der Waals surface area contributed by atoms with Gasteiger partial charge in [-0.05, 0) is 47.9 Å². The van der Waals surface area contributed by atoms with Crippen LogP contribution in [0.4, 0.5) is 5.69 Å². The molecule has 0 unspecified atom stereocenters. The zero-order valence-corrected chi connectivity index (χ0v) is 14.8. The van der Waals surface area contributed by atoms with E-state index in [-0.39, 0.29) is 11.8 Å². The van der Waals surface area contributed by atoms with Gasteiger partial charge in [-0.25, -0.2) is 0 Å². The van der Waals surface area contributed by atoms with Crippen molar-refractivity contribution in [2.24, 2.45) is 0 Å². The van der Waals surface area contributed by atoms with Crippen LogP contribution in [0.15, 0.2) is 72.9 Å². The van der Waals surface area contributed by atoms with Crippen molar-refractivity contribution in [3.05, 3.63) is 95.3 Å². The van der Waals surface area contributed by atoms with Crippen molar-refractivity contribution in [1.82, 2.24) is 10.3 Å². The Kier molecular flexibility index (Phi) is 4.66. The fourth-order valence-electron chi connectivity index (χ4n) is 3.28. The van der Waals surface area contributed by atoms with E-state index >= 15 is 0 Å². The van der Waals surface area contributed by atoms with Crippen LogP contribution in [0.25, 0.3) is 0 Å². The number of carbonyl (C=O) groups excluding carboxylic acids is 2. The molecule has 0 atom stereocenters. The molecular weight excluding hydrogens is 338 g/mol. The van der Waals surface area contributed by atoms with Crippen LogP contribution in [0, 0.1) is 0 Å². The van der Waals surface area contributed by atoms with Crippen molar-refractivity contribution in [2.75, 3.05) is 11.4 Å². The van der Waals surface area contributed by atoms with E-state index in [1.165, 1.54) is 0 Å². The number of aromatic nitrogens is 1. The molecule has 5 nitrogen and oxygen atoms in total. The van der Waals surface area contributed by atoms with E-state index in [1.807, 2.05) is 47.4 Å². The maximum Gasteiger partial charge on any atom is 0.270 e. The molecule has 27 heavy (non-hydrogen) atoms. The van der Waals surface area contributed by atoms with Crippen LogP contribution in [-0.4, -0.2) is 23.3 Å². The number of pyridine rings is 1. The van der Waals surface area contributed by atoms with Crippen LogP contribution in [0.2, 0.25) is 0 Å². The van der Waals surface area contributed by atoms with E-state index in [4.69, 9.17) is 0 Å². The third-order valence-corrected chi connectivity index (χ3v) is 4.66. The summed E-state index contributed by atoms with van der Waals surface area (Å²) >= 11 is 0. The highest BCUT2D eigenvalue weighted by molar-refractivity contribution is 6.07. The van der Waals surface area contributed by atoms with E-state index < -0.39 is 0 Å². The van der Waals surface area contributed by atoms with Crippen molar-refractivity contribution < 1.29 is 9.59 Å². The molecule has 0 bridgehead atoms. The summed E-state index contributed by atoms with van der Waals surface area (Å²) in [6, 6.07) is 20.5. The Hall–Kier alpha value is -3.47. The molecule has 0 aliphatic carbocycles. The summed E-state index contributed by atoms with van der Waals surface area (Å²) in [4.78, 5) is 30.7. The van der Waals surface area contributed by atoms with Crippen molar-refractivity contribution in [3.8, 4) is 0 Å². The van der Waals surface area contributed by atoms with Gasteiger partial charge in [0, 0.05) is 30.5 Å². The fourth-order valence-corrected chi connectivity index (χ4v) is 3.28. The summed E-state index contributed by atoms with van der Waals surface area (Å²) in [5.74, 6) is -0.178. The summed E-state index contributed by atoms with van der Waals surface area (Å²) in [6.07, 6.45) is 2.42. The Balaban J connectivity index is 1.45. The highest BCUT2D eigenvalue weighted by Crippen LogP contribution is 2.30. The Bertz CT molecular complexity index is 971. The highest BCUT2D eigenvalue weighted by Gasteiger charge is 2.25. The van der Waals surface area contributed by atoms with Gasteiger partial charge in [-0.15, -0.1) is 0 Å². The van der Waals surface area contributed by atoms with Gasteiger partial charge < -0.3 is 10.2 Å². The van der Waals surface area contributed by atoms with E-state index in [0.29, 0.717) is 24.3 Å². The first-order valence-electron chi connectivity index (χ1n) is 8.90. The van der Waals surface area contributed by atoms with Crippen LogP contribution in [0.3, 0.4) is 0 Å². The lowest BCUT2D eigenvalue weighted by atomic mass is 10.1. The molecule has 2 heterocycles. The van der Waals surface area contributed by atoms with Gasteiger partial charge in [-0.2, -0.15) is 0 Å². The first-order chi connectivity index (χ1) is 13.2. The molecule has 2 aromatic carbocycles. The first kappa shape index (κ1) is 17.0. The van der Waals surface area contributed by atoms with E-state index in [2.05, 4.69) is 16.4 Å². The standard InChI is InChI=1S/C22H19N3O2/c26-21(19-8-4-5-12-23-19)24-15-16-9-10-20-18(14-16)11-13-25(20)22(27)17-6-2-1-3-7-17/h1-10,12,14H,11,13,15H2,(H,24,26). The molecule has 4 rings (SSSR count). The molecule has 3 aromatic rings. The quantitative estimate of drug-likeness (QED) is 0.780.